The maximum Gasteiger partial charge on any atom is 0.410 e. The van der Waals surface area contributed by atoms with Crippen LogP contribution in [0.25, 0.3) is 0 Å². The molecule has 2 aliphatic carbocycles. The van der Waals surface area contributed by atoms with Gasteiger partial charge in [0.1, 0.15) is 22.9 Å². The molecule has 4 rings (SSSR count). The van der Waals surface area contributed by atoms with Crippen molar-refractivity contribution in [1.82, 2.24) is 9.80 Å². The number of likely N-dealkylation sites (tertiary alicyclic amines) is 1. The summed E-state index contributed by atoms with van der Waals surface area (Å²) in [4.78, 5) is 31.1. The summed E-state index contributed by atoms with van der Waals surface area (Å²) in [6.45, 7) is 8.03. The number of hydrogen-bond acceptors (Lipinski definition) is 7. The zero-order chi connectivity index (χ0) is 29.6. The SMILES string of the molecule is COCCCOC1=CC(OC)=CC(CN(C(=O)[C@H]2CN(C(=O)OC(C)(C)C)CC[C@@H]2c2cccc(O)c2)C2CC2)C1. The van der Waals surface area contributed by atoms with E-state index in [9.17, 15) is 14.7 Å². The maximum absolute atomic E-state index is 14.4. The summed E-state index contributed by atoms with van der Waals surface area (Å²) >= 11 is 0. The first-order valence-corrected chi connectivity index (χ1v) is 14.7. The van der Waals surface area contributed by atoms with Crippen molar-refractivity contribution in [3.05, 3.63) is 53.5 Å². The average Bonchev–Trinajstić information content (AvgIpc) is 3.78. The Hall–Kier alpha value is -3.20. The predicted molar refractivity (Wildman–Crippen MR) is 155 cm³/mol. The molecule has 9 nitrogen and oxygen atoms in total. The van der Waals surface area contributed by atoms with E-state index in [2.05, 4.69) is 6.08 Å². The van der Waals surface area contributed by atoms with Crippen LogP contribution >= 0.6 is 0 Å². The minimum absolute atomic E-state index is 0.0404. The average molecular weight is 571 g/mol. The van der Waals surface area contributed by atoms with Crippen LogP contribution in [0.4, 0.5) is 4.79 Å². The summed E-state index contributed by atoms with van der Waals surface area (Å²) in [7, 11) is 3.32. The molecule has 0 spiro atoms. The number of phenols is 1. The van der Waals surface area contributed by atoms with Gasteiger partial charge in [0.15, 0.2) is 0 Å². The van der Waals surface area contributed by atoms with E-state index in [0.717, 1.165) is 36.3 Å². The molecule has 1 aromatic carbocycles. The summed E-state index contributed by atoms with van der Waals surface area (Å²) in [6.07, 6.45) is 7.61. The Labute approximate surface area is 244 Å². The lowest BCUT2D eigenvalue weighted by Gasteiger charge is -2.41. The quantitative estimate of drug-likeness (QED) is 0.365. The first-order chi connectivity index (χ1) is 19.6. The summed E-state index contributed by atoms with van der Waals surface area (Å²) in [6, 6.07) is 7.33. The van der Waals surface area contributed by atoms with Crippen molar-refractivity contribution in [2.45, 2.75) is 70.4 Å². The lowest BCUT2D eigenvalue weighted by Crippen LogP contribution is -2.51. The van der Waals surface area contributed by atoms with Gasteiger partial charge in [-0.2, -0.15) is 0 Å². The number of amides is 2. The van der Waals surface area contributed by atoms with Gasteiger partial charge in [-0.15, -0.1) is 0 Å². The molecule has 1 heterocycles. The number of hydrogen-bond donors (Lipinski definition) is 1. The Morgan fingerprint density at radius 1 is 1.12 bits per heavy atom. The molecular formula is C32H46N2O7. The van der Waals surface area contributed by atoms with E-state index in [-0.39, 0.29) is 36.1 Å². The maximum atomic E-state index is 14.4. The fourth-order valence-corrected chi connectivity index (χ4v) is 5.69. The second-order valence-electron chi connectivity index (χ2n) is 12.3. The predicted octanol–water partition coefficient (Wildman–Crippen LogP) is 5.21. The van der Waals surface area contributed by atoms with Crippen LogP contribution in [0, 0.1) is 11.8 Å². The fraction of sp³-hybridized carbons (Fsp3) is 0.625. The van der Waals surface area contributed by atoms with Gasteiger partial charge in [0.05, 0.1) is 19.6 Å². The molecule has 1 aromatic rings. The highest BCUT2D eigenvalue weighted by Gasteiger charge is 2.44. The number of methoxy groups -OCH3 is 2. The van der Waals surface area contributed by atoms with Crippen LogP contribution in [0.5, 0.6) is 5.75 Å². The van der Waals surface area contributed by atoms with Crippen LogP contribution < -0.4 is 0 Å². The van der Waals surface area contributed by atoms with Gasteiger partial charge in [-0.25, -0.2) is 4.79 Å². The number of aromatic hydroxyl groups is 1. The smallest absolute Gasteiger partial charge is 0.410 e. The van der Waals surface area contributed by atoms with Crippen LogP contribution in [0.1, 0.15) is 64.4 Å². The largest absolute Gasteiger partial charge is 0.508 e. The molecule has 0 radical (unpaired) electrons. The summed E-state index contributed by atoms with van der Waals surface area (Å²) in [5.74, 6) is 1.27. The van der Waals surface area contributed by atoms with Gasteiger partial charge in [0, 0.05) is 64.2 Å². The van der Waals surface area contributed by atoms with E-state index >= 15 is 0 Å². The zero-order valence-electron chi connectivity index (χ0n) is 25.1. The van der Waals surface area contributed by atoms with Crippen LogP contribution in [0.2, 0.25) is 0 Å². The minimum Gasteiger partial charge on any atom is -0.508 e. The molecule has 3 aliphatic rings. The molecule has 1 N–H and O–H groups in total. The van der Waals surface area contributed by atoms with Crippen molar-refractivity contribution in [3.8, 4) is 5.75 Å². The summed E-state index contributed by atoms with van der Waals surface area (Å²) < 4.78 is 22.4. The van der Waals surface area contributed by atoms with Gasteiger partial charge < -0.3 is 33.9 Å². The van der Waals surface area contributed by atoms with E-state index in [4.69, 9.17) is 18.9 Å². The molecule has 1 saturated carbocycles. The molecule has 0 bridgehead atoms. The monoisotopic (exact) mass is 570 g/mol. The molecule has 41 heavy (non-hydrogen) atoms. The topological polar surface area (TPSA) is 97.8 Å². The van der Waals surface area contributed by atoms with Gasteiger partial charge >= 0.3 is 6.09 Å². The van der Waals surface area contributed by atoms with Crippen molar-refractivity contribution in [3.63, 3.8) is 0 Å². The highest BCUT2D eigenvalue weighted by molar-refractivity contribution is 5.82. The van der Waals surface area contributed by atoms with E-state index in [1.54, 1.807) is 31.3 Å². The highest BCUT2D eigenvalue weighted by atomic mass is 16.6. The molecule has 2 fully saturated rings. The van der Waals surface area contributed by atoms with E-state index in [1.807, 2.05) is 43.9 Å². The fourth-order valence-electron chi connectivity index (χ4n) is 5.69. The molecule has 1 unspecified atom stereocenters. The molecule has 1 aliphatic heterocycles. The Morgan fingerprint density at radius 2 is 1.90 bits per heavy atom. The molecule has 9 heteroatoms. The van der Waals surface area contributed by atoms with Crippen molar-refractivity contribution < 1.29 is 33.6 Å². The minimum atomic E-state index is -0.623. The Balaban J connectivity index is 1.54. The first kappa shape index (κ1) is 30.8. The van der Waals surface area contributed by atoms with Crippen molar-refractivity contribution in [2.24, 2.45) is 11.8 Å². The molecule has 0 aromatic heterocycles. The highest BCUT2D eigenvalue weighted by Crippen LogP contribution is 2.39. The zero-order valence-corrected chi connectivity index (χ0v) is 25.1. The third kappa shape index (κ3) is 8.64. The number of phenolic OH excluding ortho intramolecular Hbond substituents is 1. The van der Waals surface area contributed by atoms with Crippen LogP contribution in [0.3, 0.4) is 0 Å². The van der Waals surface area contributed by atoms with E-state index in [1.165, 1.54) is 0 Å². The molecule has 2 amide bonds. The second kappa shape index (κ2) is 13.6. The number of rotatable bonds is 11. The standard InChI is InChI=1S/C32H46N2O7/c1-32(2,3)41-31(37)33-13-12-28(23-8-6-9-25(35)18-23)29(21-33)30(36)34(24-10-11-24)20-22-16-26(39-5)19-27(17-22)40-15-7-14-38-4/h6,8-9,16,18-19,22,24,28-29,35H,7,10-15,17,20-21H2,1-5H3/t22?,28-,29+/m1/s1. The molecule has 3 atom stereocenters. The normalized spacial score (nSPS) is 22.9. The van der Waals surface area contributed by atoms with Gasteiger partial charge in [0.2, 0.25) is 5.91 Å². The second-order valence-corrected chi connectivity index (χ2v) is 12.3. The van der Waals surface area contributed by atoms with Crippen LogP contribution in [0.15, 0.2) is 47.9 Å². The van der Waals surface area contributed by atoms with Gasteiger partial charge in [-0.05, 0) is 69.7 Å². The number of allylic oxidation sites excluding steroid dienone is 2. The van der Waals surface area contributed by atoms with Gasteiger partial charge in [-0.1, -0.05) is 12.1 Å². The third-order valence-electron chi connectivity index (χ3n) is 7.76. The molecule has 1 saturated heterocycles. The summed E-state index contributed by atoms with van der Waals surface area (Å²) in [5.41, 5.74) is 0.291. The number of carbonyl (C=O) groups is 2. The summed E-state index contributed by atoms with van der Waals surface area (Å²) in [5, 5.41) is 10.2. The first-order valence-electron chi connectivity index (χ1n) is 14.7. The van der Waals surface area contributed by atoms with Crippen molar-refractivity contribution in [2.75, 3.05) is 47.1 Å². The Morgan fingerprint density at radius 3 is 2.56 bits per heavy atom. The molecule has 226 valence electrons. The Kier molecular flexibility index (Phi) is 10.2. The number of ether oxygens (including phenoxy) is 4. The van der Waals surface area contributed by atoms with Crippen LogP contribution in [-0.4, -0.2) is 85.6 Å². The lowest BCUT2D eigenvalue weighted by molar-refractivity contribution is -0.139. The number of piperidine rings is 1. The van der Waals surface area contributed by atoms with Crippen LogP contribution in [-0.2, 0) is 23.7 Å². The van der Waals surface area contributed by atoms with Gasteiger partial charge in [-0.3, -0.25) is 4.79 Å². The third-order valence-corrected chi connectivity index (χ3v) is 7.76. The number of benzene rings is 1. The lowest BCUT2D eigenvalue weighted by atomic mass is 9.79. The number of nitrogens with zero attached hydrogens (tertiary/aromatic N) is 2. The van der Waals surface area contributed by atoms with E-state index in [0.29, 0.717) is 39.1 Å². The van der Waals surface area contributed by atoms with Crippen molar-refractivity contribution in [1.29, 1.82) is 0 Å². The van der Waals surface area contributed by atoms with Crippen molar-refractivity contribution >= 4 is 12.0 Å². The van der Waals surface area contributed by atoms with E-state index < -0.39 is 17.6 Å². The van der Waals surface area contributed by atoms with Gasteiger partial charge in [0.25, 0.3) is 0 Å². The number of carbonyl (C=O) groups excluding carboxylic acids is 2. The Bertz CT molecular complexity index is 1120. The molecular weight excluding hydrogens is 524 g/mol.